The molecule has 0 unspecified atom stereocenters. The Morgan fingerprint density at radius 3 is 1.76 bits per heavy atom. The van der Waals surface area contributed by atoms with E-state index in [-0.39, 0.29) is 11.3 Å². The summed E-state index contributed by atoms with van der Waals surface area (Å²) in [6, 6.07) is 19.8. The molecule has 0 saturated heterocycles. The molecule has 0 spiro atoms. The SMILES string of the molecule is COc1ccc(C(OC(=O)c2ccccc2[N+](=O)[O-])c2ccc(OC)cc2)cc1. The van der Waals surface area contributed by atoms with E-state index in [1.807, 2.05) is 0 Å². The normalized spacial score (nSPS) is 10.4. The fraction of sp³-hybridized carbons (Fsp3) is 0.136. The third kappa shape index (κ3) is 4.52. The molecular formula is C22H19NO6. The zero-order chi connectivity index (χ0) is 20.8. The van der Waals surface area contributed by atoms with E-state index in [1.54, 1.807) is 68.8 Å². The van der Waals surface area contributed by atoms with Gasteiger partial charge in [-0.1, -0.05) is 36.4 Å². The van der Waals surface area contributed by atoms with Crippen molar-refractivity contribution in [2.75, 3.05) is 14.2 Å². The van der Waals surface area contributed by atoms with Crippen LogP contribution in [-0.4, -0.2) is 25.1 Å². The summed E-state index contributed by atoms with van der Waals surface area (Å²) >= 11 is 0. The third-order valence-electron chi connectivity index (χ3n) is 4.38. The number of methoxy groups -OCH3 is 2. The number of hydrogen-bond donors (Lipinski definition) is 0. The lowest BCUT2D eigenvalue weighted by atomic mass is 10.0. The van der Waals surface area contributed by atoms with Gasteiger partial charge in [-0.05, 0) is 41.5 Å². The average molecular weight is 393 g/mol. The minimum absolute atomic E-state index is 0.107. The number of rotatable bonds is 7. The molecule has 0 fully saturated rings. The summed E-state index contributed by atoms with van der Waals surface area (Å²) in [6.45, 7) is 0. The van der Waals surface area contributed by atoms with Crippen LogP contribution in [0.5, 0.6) is 11.5 Å². The second kappa shape index (κ2) is 8.88. The lowest BCUT2D eigenvalue weighted by Gasteiger charge is -2.19. The van der Waals surface area contributed by atoms with Crippen LogP contribution >= 0.6 is 0 Å². The number of carbonyl (C=O) groups is 1. The number of nitro benzene ring substituents is 1. The van der Waals surface area contributed by atoms with E-state index < -0.39 is 17.0 Å². The Bertz CT molecular complexity index is 951. The summed E-state index contributed by atoms with van der Waals surface area (Å²) < 4.78 is 16.1. The number of benzene rings is 3. The summed E-state index contributed by atoms with van der Waals surface area (Å²) in [6.07, 6.45) is -0.765. The predicted octanol–water partition coefficient (Wildman–Crippen LogP) is 4.56. The highest BCUT2D eigenvalue weighted by molar-refractivity contribution is 5.94. The lowest BCUT2D eigenvalue weighted by Crippen LogP contribution is -2.14. The highest BCUT2D eigenvalue weighted by atomic mass is 16.6. The van der Waals surface area contributed by atoms with Gasteiger partial charge >= 0.3 is 5.97 Å². The maximum Gasteiger partial charge on any atom is 0.346 e. The van der Waals surface area contributed by atoms with E-state index in [1.165, 1.54) is 18.2 Å². The molecule has 148 valence electrons. The number of esters is 1. The van der Waals surface area contributed by atoms with Crippen molar-refractivity contribution in [3.63, 3.8) is 0 Å². The van der Waals surface area contributed by atoms with E-state index in [0.717, 1.165) is 0 Å². The molecule has 0 aliphatic heterocycles. The topological polar surface area (TPSA) is 87.9 Å². The maximum absolute atomic E-state index is 12.8. The fourth-order valence-corrected chi connectivity index (χ4v) is 2.86. The molecule has 0 radical (unpaired) electrons. The van der Waals surface area contributed by atoms with Gasteiger partial charge in [-0.2, -0.15) is 0 Å². The van der Waals surface area contributed by atoms with Gasteiger partial charge in [0.05, 0.1) is 19.1 Å². The van der Waals surface area contributed by atoms with Gasteiger partial charge in [-0.15, -0.1) is 0 Å². The van der Waals surface area contributed by atoms with E-state index >= 15 is 0 Å². The molecule has 0 N–H and O–H groups in total. The largest absolute Gasteiger partial charge is 0.497 e. The van der Waals surface area contributed by atoms with Crippen molar-refractivity contribution in [2.45, 2.75) is 6.10 Å². The van der Waals surface area contributed by atoms with Crippen molar-refractivity contribution in [1.29, 1.82) is 0 Å². The number of para-hydroxylation sites is 1. The molecule has 3 rings (SSSR count). The molecule has 0 aliphatic rings. The average Bonchev–Trinajstić information content (AvgIpc) is 2.77. The van der Waals surface area contributed by atoms with Gasteiger partial charge in [0.1, 0.15) is 17.1 Å². The van der Waals surface area contributed by atoms with Gasteiger partial charge in [-0.3, -0.25) is 10.1 Å². The van der Waals surface area contributed by atoms with Gasteiger partial charge < -0.3 is 14.2 Å². The van der Waals surface area contributed by atoms with Crippen LogP contribution in [0.4, 0.5) is 5.69 Å². The number of ether oxygens (including phenoxy) is 3. The Morgan fingerprint density at radius 2 is 1.31 bits per heavy atom. The van der Waals surface area contributed by atoms with Gasteiger partial charge in [0.25, 0.3) is 5.69 Å². The van der Waals surface area contributed by atoms with Crippen LogP contribution in [0, 0.1) is 10.1 Å². The van der Waals surface area contributed by atoms with Crippen molar-refractivity contribution in [3.05, 3.63) is 99.6 Å². The molecule has 7 heteroatoms. The van der Waals surface area contributed by atoms with Crippen LogP contribution in [-0.2, 0) is 4.74 Å². The number of nitrogens with zero attached hydrogens (tertiary/aromatic N) is 1. The van der Waals surface area contributed by atoms with Gasteiger partial charge in [0.15, 0.2) is 6.10 Å². The maximum atomic E-state index is 12.8. The van der Waals surface area contributed by atoms with Gasteiger partial charge in [-0.25, -0.2) is 4.79 Å². The monoisotopic (exact) mass is 393 g/mol. The molecule has 3 aromatic rings. The third-order valence-corrected chi connectivity index (χ3v) is 4.38. The van der Waals surface area contributed by atoms with E-state index in [4.69, 9.17) is 14.2 Å². The molecule has 0 aliphatic carbocycles. The highest BCUT2D eigenvalue weighted by Gasteiger charge is 2.25. The zero-order valence-electron chi connectivity index (χ0n) is 15.9. The minimum Gasteiger partial charge on any atom is -0.497 e. The Labute approximate surface area is 167 Å². The number of nitro groups is 1. The van der Waals surface area contributed by atoms with Crippen LogP contribution < -0.4 is 9.47 Å². The van der Waals surface area contributed by atoms with Crippen molar-refractivity contribution in [3.8, 4) is 11.5 Å². The van der Waals surface area contributed by atoms with Crippen LogP contribution in [0.2, 0.25) is 0 Å². The molecule has 0 atom stereocenters. The quantitative estimate of drug-likeness (QED) is 0.332. The fourth-order valence-electron chi connectivity index (χ4n) is 2.86. The summed E-state index contributed by atoms with van der Waals surface area (Å²) in [5.74, 6) is 0.536. The predicted molar refractivity (Wildman–Crippen MR) is 106 cm³/mol. The van der Waals surface area contributed by atoms with Crippen molar-refractivity contribution >= 4 is 11.7 Å². The van der Waals surface area contributed by atoms with Crippen LogP contribution in [0.1, 0.15) is 27.6 Å². The first-order chi connectivity index (χ1) is 14.0. The van der Waals surface area contributed by atoms with Crippen molar-refractivity contribution in [1.82, 2.24) is 0 Å². The van der Waals surface area contributed by atoms with Crippen molar-refractivity contribution < 1.29 is 23.9 Å². The van der Waals surface area contributed by atoms with Crippen LogP contribution in [0.15, 0.2) is 72.8 Å². The van der Waals surface area contributed by atoms with Crippen LogP contribution in [0.25, 0.3) is 0 Å². The summed E-state index contributed by atoms with van der Waals surface area (Å²) in [4.78, 5) is 23.5. The molecular weight excluding hydrogens is 374 g/mol. The highest BCUT2D eigenvalue weighted by Crippen LogP contribution is 2.31. The summed E-state index contributed by atoms with van der Waals surface area (Å²) in [5, 5.41) is 11.3. The first-order valence-corrected chi connectivity index (χ1v) is 8.75. The number of hydrogen-bond acceptors (Lipinski definition) is 6. The van der Waals surface area contributed by atoms with E-state index in [9.17, 15) is 14.9 Å². The smallest absolute Gasteiger partial charge is 0.346 e. The Balaban J connectivity index is 1.98. The summed E-state index contributed by atoms with van der Waals surface area (Å²) in [5.41, 5.74) is 0.982. The Morgan fingerprint density at radius 1 is 0.828 bits per heavy atom. The molecule has 3 aromatic carbocycles. The number of carbonyl (C=O) groups excluding carboxylic acids is 1. The zero-order valence-corrected chi connectivity index (χ0v) is 15.9. The Hall–Kier alpha value is -3.87. The second-order valence-electron chi connectivity index (χ2n) is 6.11. The molecule has 0 amide bonds. The molecule has 29 heavy (non-hydrogen) atoms. The molecule has 0 heterocycles. The van der Waals surface area contributed by atoms with Gasteiger partial charge in [0, 0.05) is 6.07 Å². The summed E-state index contributed by atoms with van der Waals surface area (Å²) in [7, 11) is 3.12. The first kappa shape index (κ1) is 19.9. The van der Waals surface area contributed by atoms with E-state index in [2.05, 4.69) is 0 Å². The minimum atomic E-state index is -0.783. The first-order valence-electron chi connectivity index (χ1n) is 8.75. The van der Waals surface area contributed by atoms with E-state index in [0.29, 0.717) is 22.6 Å². The lowest BCUT2D eigenvalue weighted by molar-refractivity contribution is -0.385. The molecule has 0 saturated carbocycles. The Kier molecular flexibility index (Phi) is 6.09. The van der Waals surface area contributed by atoms with Crippen molar-refractivity contribution in [2.24, 2.45) is 0 Å². The molecule has 0 aromatic heterocycles. The molecule has 7 nitrogen and oxygen atoms in total. The van der Waals surface area contributed by atoms with Gasteiger partial charge in [0.2, 0.25) is 0 Å². The second-order valence-corrected chi connectivity index (χ2v) is 6.11. The van der Waals surface area contributed by atoms with Crippen LogP contribution in [0.3, 0.4) is 0 Å². The molecule has 0 bridgehead atoms. The standard InChI is InChI=1S/C22H19NO6/c1-27-17-11-7-15(8-12-17)21(16-9-13-18(28-2)14-10-16)29-22(24)19-5-3-4-6-20(19)23(25)26/h3-14,21H,1-2H3.